The van der Waals surface area contributed by atoms with Crippen molar-refractivity contribution >= 4 is 5.91 Å². The molecule has 0 radical (unpaired) electrons. The lowest BCUT2D eigenvalue weighted by Crippen LogP contribution is -2.41. The summed E-state index contributed by atoms with van der Waals surface area (Å²) in [5, 5.41) is 15.6. The Hall–Kier alpha value is -1.46. The van der Waals surface area contributed by atoms with Crippen LogP contribution >= 0.6 is 0 Å². The number of amides is 1. The summed E-state index contributed by atoms with van der Waals surface area (Å²) in [6.07, 6.45) is 1.02. The molecule has 98 valence electrons. The third-order valence-corrected chi connectivity index (χ3v) is 3.10. The Balaban J connectivity index is 1.82. The number of nitrogens with one attached hydrogen (secondary N) is 2. The van der Waals surface area contributed by atoms with E-state index in [2.05, 4.69) is 10.6 Å². The molecule has 0 aliphatic carbocycles. The van der Waals surface area contributed by atoms with Gasteiger partial charge in [0.05, 0.1) is 12.1 Å². The fourth-order valence-corrected chi connectivity index (χ4v) is 2.03. The van der Waals surface area contributed by atoms with Crippen molar-refractivity contribution in [2.45, 2.75) is 25.0 Å². The molecule has 0 unspecified atom stereocenters. The maximum atomic E-state index is 12.7. The summed E-state index contributed by atoms with van der Waals surface area (Å²) in [7, 11) is 0. The molecule has 1 heterocycles. The van der Waals surface area contributed by atoms with Gasteiger partial charge in [0.2, 0.25) is 5.91 Å². The van der Waals surface area contributed by atoms with Crippen molar-refractivity contribution in [3.63, 3.8) is 0 Å². The van der Waals surface area contributed by atoms with Crippen molar-refractivity contribution < 1.29 is 14.3 Å². The number of hydrogen-bond acceptors (Lipinski definition) is 3. The molecule has 1 amide bonds. The van der Waals surface area contributed by atoms with Crippen molar-refractivity contribution in [2.75, 3.05) is 13.1 Å². The molecule has 1 aliphatic rings. The number of carbonyl (C=O) groups is 1. The van der Waals surface area contributed by atoms with Gasteiger partial charge in [0, 0.05) is 6.54 Å². The summed E-state index contributed by atoms with van der Waals surface area (Å²) < 4.78 is 12.7. The van der Waals surface area contributed by atoms with Crippen molar-refractivity contribution in [2.24, 2.45) is 0 Å². The molecule has 2 rings (SSSR count). The number of carbonyl (C=O) groups excluding carboxylic acids is 1. The molecule has 0 bridgehead atoms. The Morgan fingerprint density at radius 3 is 2.83 bits per heavy atom. The van der Waals surface area contributed by atoms with Crippen LogP contribution in [-0.2, 0) is 4.79 Å². The van der Waals surface area contributed by atoms with Crippen molar-refractivity contribution in [3.8, 4) is 0 Å². The topological polar surface area (TPSA) is 61.4 Å². The number of benzene rings is 1. The summed E-state index contributed by atoms with van der Waals surface area (Å²) in [4.78, 5) is 11.7. The van der Waals surface area contributed by atoms with Gasteiger partial charge in [0.1, 0.15) is 5.82 Å². The highest BCUT2D eigenvalue weighted by molar-refractivity contribution is 5.82. The number of halogens is 1. The van der Waals surface area contributed by atoms with Crippen molar-refractivity contribution in [1.82, 2.24) is 10.6 Å². The second-order valence-corrected chi connectivity index (χ2v) is 4.46. The first-order valence-electron chi connectivity index (χ1n) is 6.11. The van der Waals surface area contributed by atoms with Crippen LogP contribution in [0.25, 0.3) is 0 Å². The Morgan fingerprint density at radius 1 is 1.50 bits per heavy atom. The Bertz CT molecular complexity index is 402. The van der Waals surface area contributed by atoms with Gasteiger partial charge in [-0.1, -0.05) is 12.1 Å². The minimum Gasteiger partial charge on any atom is -0.387 e. The molecule has 1 aromatic carbocycles. The quantitative estimate of drug-likeness (QED) is 0.740. The van der Waals surface area contributed by atoms with Crippen LogP contribution in [0.2, 0.25) is 0 Å². The van der Waals surface area contributed by atoms with Crippen LogP contribution in [0.15, 0.2) is 24.3 Å². The Labute approximate surface area is 105 Å². The van der Waals surface area contributed by atoms with E-state index in [-0.39, 0.29) is 24.3 Å². The molecular formula is C13H17FN2O2. The van der Waals surface area contributed by atoms with Crippen molar-refractivity contribution in [1.29, 1.82) is 0 Å². The molecule has 5 heteroatoms. The van der Waals surface area contributed by atoms with E-state index >= 15 is 0 Å². The van der Waals surface area contributed by atoms with E-state index in [1.54, 1.807) is 0 Å². The summed E-state index contributed by atoms with van der Waals surface area (Å²) in [5.74, 6) is -0.432. The predicted octanol–water partition coefficient (Wildman–Crippen LogP) is 0.727. The third-order valence-electron chi connectivity index (χ3n) is 3.10. The average molecular weight is 252 g/mol. The van der Waals surface area contributed by atoms with Crippen LogP contribution in [0.3, 0.4) is 0 Å². The normalized spacial score (nSPS) is 20.7. The van der Waals surface area contributed by atoms with Crippen LogP contribution in [0, 0.1) is 5.82 Å². The number of hydrogen-bond donors (Lipinski definition) is 3. The van der Waals surface area contributed by atoms with E-state index in [4.69, 9.17) is 0 Å². The van der Waals surface area contributed by atoms with Crippen molar-refractivity contribution in [3.05, 3.63) is 35.6 Å². The lowest BCUT2D eigenvalue weighted by molar-refractivity contribution is -0.123. The van der Waals surface area contributed by atoms with E-state index < -0.39 is 6.10 Å². The number of rotatable bonds is 4. The monoisotopic (exact) mass is 252 g/mol. The van der Waals surface area contributed by atoms with Crippen LogP contribution < -0.4 is 10.6 Å². The Morgan fingerprint density at radius 2 is 2.22 bits per heavy atom. The second kappa shape index (κ2) is 5.93. The molecule has 1 saturated heterocycles. The molecule has 2 atom stereocenters. The summed E-state index contributed by atoms with van der Waals surface area (Å²) in [6, 6.07) is 5.46. The van der Waals surface area contributed by atoms with Gasteiger partial charge in [0.25, 0.3) is 0 Å². The van der Waals surface area contributed by atoms with E-state index in [9.17, 15) is 14.3 Å². The van der Waals surface area contributed by atoms with Gasteiger partial charge in [-0.15, -0.1) is 0 Å². The SMILES string of the molecule is O=C(NC[C@H](O)c1ccc(F)cc1)[C@@H]1CCCN1. The molecule has 4 nitrogen and oxygen atoms in total. The van der Waals surface area contributed by atoms with Crippen LogP contribution in [-0.4, -0.2) is 30.1 Å². The minimum absolute atomic E-state index is 0.0892. The smallest absolute Gasteiger partial charge is 0.237 e. The summed E-state index contributed by atoms with van der Waals surface area (Å²) >= 11 is 0. The zero-order chi connectivity index (χ0) is 13.0. The van der Waals surface area contributed by atoms with Gasteiger partial charge < -0.3 is 15.7 Å². The first kappa shape index (κ1) is 13.0. The fourth-order valence-electron chi connectivity index (χ4n) is 2.03. The largest absolute Gasteiger partial charge is 0.387 e. The molecule has 18 heavy (non-hydrogen) atoms. The second-order valence-electron chi connectivity index (χ2n) is 4.46. The first-order chi connectivity index (χ1) is 8.66. The fraction of sp³-hybridized carbons (Fsp3) is 0.462. The maximum absolute atomic E-state index is 12.7. The van der Waals surface area contributed by atoms with E-state index in [1.807, 2.05) is 0 Å². The van der Waals surface area contributed by atoms with E-state index in [0.717, 1.165) is 19.4 Å². The summed E-state index contributed by atoms with van der Waals surface area (Å²) in [6.45, 7) is 1.00. The number of aliphatic hydroxyl groups excluding tert-OH is 1. The molecule has 0 aromatic heterocycles. The highest BCUT2D eigenvalue weighted by Crippen LogP contribution is 2.12. The Kier molecular flexibility index (Phi) is 4.28. The first-order valence-corrected chi connectivity index (χ1v) is 6.11. The average Bonchev–Trinajstić information content (AvgIpc) is 2.90. The molecule has 1 aromatic rings. The molecular weight excluding hydrogens is 235 g/mol. The minimum atomic E-state index is -0.809. The highest BCUT2D eigenvalue weighted by Gasteiger charge is 2.22. The molecule has 1 aliphatic heterocycles. The van der Waals surface area contributed by atoms with Crippen LogP contribution in [0.5, 0.6) is 0 Å². The summed E-state index contributed by atoms with van der Waals surface area (Å²) in [5.41, 5.74) is 0.594. The third kappa shape index (κ3) is 3.27. The van der Waals surface area contributed by atoms with Gasteiger partial charge in [-0.25, -0.2) is 4.39 Å². The zero-order valence-corrected chi connectivity index (χ0v) is 10.0. The lowest BCUT2D eigenvalue weighted by atomic mass is 10.1. The lowest BCUT2D eigenvalue weighted by Gasteiger charge is -2.15. The predicted molar refractivity (Wildman–Crippen MR) is 65.4 cm³/mol. The zero-order valence-electron chi connectivity index (χ0n) is 10.0. The maximum Gasteiger partial charge on any atom is 0.237 e. The standard InChI is InChI=1S/C13H17FN2O2/c14-10-5-3-9(4-6-10)12(17)8-16-13(18)11-2-1-7-15-11/h3-6,11-12,15,17H,1-2,7-8H2,(H,16,18)/t11-,12-/m0/s1. The van der Waals surface area contributed by atoms with Gasteiger partial charge in [-0.3, -0.25) is 4.79 Å². The van der Waals surface area contributed by atoms with Gasteiger partial charge in [0.15, 0.2) is 0 Å². The molecule has 3 N–H and O–H groups in total. The van der Waals surface area contributed by atoms with Crippen LogP contribution in [0.4, 0.5) is 4.39 Å². The molecule has 0 saturated carbocycles. The molecule has 0 spiro atoms. The van der Waals surface area contributed by atoms with Gasteiger partial charge >= 0.3 is 0 Å². The van der Waals surface area contributed by atoms with E-state index in [1.165, 1.54) is 24.3 Å². The van der Waals surface area contributed by atoms with E-state index in [0.29, 0.717) is 5.56 Å². The highest BCUT2D eigenvalue weighted by atomic mass is 19.1. The molecule has 1 fully saturated rings. The van der Waals surface area contributed by atoms with Gasteiger partial charge in [-0.05, 0) is 37.1 Å². The number of aliphatic hydroxyl groups is 1. The van der Waals surface area contributed by atoms with Crippen LogP contribution in [0.1, 0.15) is 24.5 Å². The van der Waals surface area contributed by atoms with Gasteiger partial charge in [-0.2, -0.15) is 0 Å².